The fraction of sp³-hybridized carbons (Fsp3) is 0.562. The highest BCUT2D eigenvalue weighted by molar-refractivity contribution is 7.89. The molecule has 0 aromatic heterocycles. The Kier molecular flexibility index (Phi) is 5.57. The van der Waals surface area contributed by atoms with Crippen LogP contribution in [0.25, 0.3) is 0 Å². The summed E-state index contributed by atoms with van der Waals surface area (Å²) >= 11 is 0. The SMILES string of the molecule is COc1ccc(C(=O)NC2CCNC2)cc1S(=O)(=O)N1CCOCC1. The van der Waals surface area contributed by atoms with Crippen molar-refractivity contribution < 1.29 is 22.7 Å². The molecule has 2 aliphatic rings. The zero-order valence-corrected chi connectivity index (χ0v) is 15.0. The lowest BCUT2D eigenvalue weighted by molar-refractivity contribution is 0.0729. The molecule has 138 valence electrons. The Bertz CT molecular complexity index is 725. The summed E-state index contributed by atoms with van der Waals surface area (Å²) in [5.74, 6) is -0.0552. The molecule has 0 spiro atoms. The zero-order chi connectivity index (χ0) is 17.9. The molecule has 1 aromatic rings. The average molecular weight is 369 g/mol. The van der Waals surface area contributed by atoms with Crippen molar-refractivity contribution in [1.29, 1.82) is 0 Å². The van der Waals surface area contributed by atoms with Crippen LogP contribution >= 0.6 is 0 Å². The lowest BCUT2D eigenvalue weighted by Gasteiger charge is -2.26. The first-order valence-corrected chi connectivity index (χ1v) is 9.74. The smallest absolute Gasteiger partial charge is 0.251 e. The van der Waals surface area contributed by atoms with Gasteiger partial charge in [0.15, 0.2) is 0 Å². The molecule has 3 rings (SSSR count). The van der Waals surface area contributed by atoms with Crippen molar-refractivity contribution in [2.24, 2.45) is 0 Å². The van der Waals surface area contributed by atoms with Gasteiger partial charge in [-0.2, -0.15) is 4.31 Å². The van der Waals surface area contributed by atoms with Crippen molar-refractivity contribution in [3.63, 3.8) is 0 Å². The van der Waals surface area contributed by atoms with E-state index in [1.807, 2.05) is 0 Å². The summed E-state index contributed by atoms with van der Waals surface area (Å²) in [5.41, 5.74) is 0.305. The second kappa shape index (κ2) is 7.69. The molecule has 2 fully saturated rings. The maximum absolute atomic E-state index is 12.9. The van der Waals surface area contributed by atoms with Crippen molar-refractivity contribution >= 4 is 15.9 Å². The Morgan fingerprint density at radius 3 is 2.76 bits per heavy atom. The Morgan fingerprint density at radius 2 is 2.12 bits per heavy atom. The van der Waals surface area contributed by atoms with Crippen molar-refractivity contribution in [2.45, 2.75) is 17.4 Å². The van der Waals surface area contributed by atoms with Gasteiger partial charge < -0.3 is 20.1 Å². The van der Waals surface area contributed by atoms with Crippen molar-refractivity contribution in [3.05, 3.63) is 23.8 Å². The summed E-state index contributed by atoms with van der Waals surface area (Å²) in [4.78, 5) is 12.5. The molecule has 2 aliphatic heterocycles. The number of hydrogen-bond donors (Lipinski definition) is 2. The van der Waals surface area contributed by atoms with Gasteiger partial charge in [0.05, 0.1) is 20.3 Å². The summed E-state index contributed by atoms with van der Waals surface area (Å²) in [6, 6.07) is 4.56. The van der Waals surface area contributed by atoms with Crippen LogP contribution in [0, 0.1) is 0 Å². The zero-order valence-electron chi connectivity index (χ0n) is 14.2. The molecule has 2 saturated heterocycles. The maximum Gasteiger partial charge on any atom is 0.251 e. The van der Waals surface area contributed by atoms with Crippen LogP contribution in [-0.4, -0.2) is 71.2 Å². The van der Waals surface area contributed by atoms with Gasteiger partial charge >= 0.3 is 0 Å². The molecule has 9 heteroatoms. The van der Waals surface area contributed by atoms with E-state index in [-0.39, 0.29) is 35.7 Å². The monoisotopic (exact) mass is 369 g/mol. The van der Waals surface area contributed by atoms with Crippen LogP contribution in [0.15, 0.2) is 23.1 Å². The topological polar surface area (TPSA) is 97.0 Å². The molecule has 25 heavy (non-hydrogen) atoms. The third-order valence-electron chi connectivity index (χ3n) is 4.41. The van der Waals surface area contributed by atoms with E-state index >= 15 is 0 Å². The van der Waals surface area contributed by atoms with Crippen molar-refractivity contribution in [2.75, 3.05) is 46.5 Å². The van der Waals surface area contributed by atoms with E-state index in [0.717, 1.165) is 19.5 Å². The molecule has 0 radical (unpaired) electrons. The predicted molar refractivity (Wildman–Crippen MR) is 91.3 cm³/mol. The molecule has 1 amide bonds. The third kappa shape index (κ3) is 3.95. The van der Waals surface area contributed by atoms with Gasteiger partial charge in [-0.05, 0) is 31.2 Å². The van der Waals surface area contributed by atoms with E-state index < -0.39 is 10.0 Å². The second-order valence-corrected chi connectivity index (χ2v) is 7.95. The maximum atomic E-state index is 12.9. The van der Waals surface area contributed by atoms with E-state index in [9.17, 15) is 13.2 Å². The number of hydrogen-bond acceptors (Lipinski definition) is 6. The minimum absolute atomic E-state index is 0.00842. The van der Waals surface area contributed by atoms with Gasteiger partial charge in [0, 0.05) is 31.2 Å². The third-order valence-corrected chi connectivity index (χ3v) is 6.33. The van der Waals surface area contributed by atoms with Gasteiger partial charge in [-0.3, -0.25) is 4.79 Å². The van der Waals surface area contributed by atoms with E-state index in [1.54, 1.807) is 6.07 Å². The summed E-state index contributed by atoms with van der Waals surface area (Å²) in [7, 11) is -2.34. The van der Waals surface area contributed by atoms with Crippen LogP contribution in [0.5, 0.6) is 5.75 Å². The minimum Gasteiger partial charge on any atom is -0.495 e. The number of rotatable bonds is 5. The number of nitrogens with one attached hydrogen (secondary N) is 2. The Labute approximate surface area is 147 Å². The normalized spacial score (nSPS) is 21.9. The number of carbonyl (C=O) groups is 1. The van der Waals surface area contributed by atoms with Gasteiger partial charge in [0.1, 0.15) is 10.6 Å². The van der Waals surface area contributed by atoms with Crippen molar-refractivity contribution in [1.82, 2.24) is 14.9 Å². The molecule has 0 aliphatic carbocycles. The van der Waals surface area contributed by atoms with E-state index in [1.165, 1.54) is 23.5 Å². The molecule has 1 atom stereocenters. The van der Waals surface area contributed by atoms with E-state index in [2.05, 4.69) is 10.6 Å². The standard InChI is InChI=1S/C16H23N3O5S/c1-23-14-3-2-12(16(20)18-13-4-5-17-11-13)10-15(14)25(21,22)19-6-8-24-9-7-19/h2-3,10,13,17H,4-9,11H2,1H3,(H,18,20). The van der Waals surface area contributed by atoms with Crippen LogP contribution in [0.1, 0.15) is 16.8 Å². The van der Waals surface area contributed by atoms with Crippen LogP contribution in [0.2, 0.25) is 0 Å². The first-order chi connectivity index (χ1) is 12.0. The van der Waals surface area contributed by atoms with Gasteiger partial charge in [-0.25, -0.2) is 8.42 Å². The second-order valence-electron chi connectivity index (χ2n) is 6.05. The molecular formula is C16H23N3O5S. The number of carbonyl (C=O) groups excluding carboxylic acids is 1. The molecule has 0 saturated carbocycles. The number of methoxy groups -OCH3 is 1. The molecule has 0 bridgehead atoms. The molecule has 1 unspecified atom stereocenters. The number of benzene rings is 1. The highest BCUT2D eigenvalue weighted by atomic mass is 32.2. The van der Waals surface area contributed by atoms with Crippen LogP contribution < -0.4 is 15.4 Å². The summed E-state index contributed by atoms with van der Waals surface area (Å²) in [6.45, 7) is 2.88. The van der Waals surface area contributed by atoms with Crippen LogP contribution in [0.4, 0.5) is 0 Å². The quantitative estimate of drug-likeness (QED) is 0.747. The highest BCUT2D eigenvalue weighted by Crippen LogP contribution is 2.28. The van der Waals surface area contributed by atoms with Gasteiger partial charge in [-0.1, -0.05) is 0 Å². The van der Waals surface area contributed by atoms with Gasteiger partial charge in [-0.15, -0.1) is 0 Å². The fourth-order valence-electron chi connectivity index (χ4n) is 2.99. The van der Waals surface area contributed by atoms with Crippen molar-refractivity contribution in [3.8, 4) is 5.75 Å². The summed E-state index contributed by atoms with van der Waals surface area (Å²) < 4.78 is 37.7. The number of ether oxygens (including phenoxy) is 2. The largest absolute Gasteiger partial charge is 0.495 e. The van der Waals surface area contributed by atoms with Crippen LogP contribution in [-0.2, 0) is 14.8 Å². The summed E-state index contributed by atoms with van der Waals surface area (Å²) in [5, 5.41) is 6.10. The number of morpholine rings is 1. The average Bonchev–Trinajstić information content (AvgIpc) is 3.15. The Morgan fingerprint density at radius 1 is 1.36 bits per heavy atom. The Balaban J connectivity index is 1.87. The fourth-order valence-corrected chi connectivity index (χ4v) is 4.58. The van der Waals surface area contributed by atoms with Crippen LogP contribution in [0.3, 0.4) is 0 Å². The number of amides is 1. The van der Waals surface area contributed by atoms with Gasteiger partial charge in [0.2, 0.25) is 10.0 Å². The summed E-state index contributed by atoms with van der Waals surface area (Å²) in [6.07, 6.45) is 0.862. The predicted octanol–water partition coefficient (Wildman–Crippen LogP) is -0.192. The molecule has 1 aromatic carbocycles. The number of sulfonamides is 1. The first-order valence-electron chi connectivity index (χ1n) is 8.30. The minimum atomic E-state index is -3.75. The Hall–Kier alpha value is -1.68. The van der Waals surface area contributed by atoms with Gasteiger partial charge in [0.25, 0.3) is 5.91 Å². The molecule has 8 nitrogen and oxygen atoms in total. The molecule has 2 N–H and O–H groups in total. The lowest BCUT2D eigenvalue weighted by Crippen LogP contribution is -2.41. The van der Waals surface area contributed by atoms with E-state index in [0.29, 0.717) is 18.8 Å². The van der Waals surface area contributed by atoms with E-state index in [4.69, 9.17) is 9.47 Å². The lowest BCUT2D eigenvalue weighted by atomic mass is 10.2. The molecule has 2 heterocycles. The number of nitrogens with zero attached hydrogens (tertiary/aromatic N) is 1. The first kappa shape index (κ1) is 18.1. The highest BCUT2D eigenvalue weighted by Gasteiger charge is 2.30. The molecular weight excluding hydrogens is 346 g/mol.